The van der Waals surface area contributed by atoms with Gasteiger partial charge >= 0.3 is 0 Å². The van der Waals surface area contributed by atoms with Crippen LogP contribution in [-0.2, 0) is 0 Å². The van der Waals surface area contributed by atoms with Crippen LogP contribution in [0.15, 0.2) is 52.5 Å². The standard InChI is InChI=1S/C16H11BrO3/c17-12-3-1-2-10(7-12)6-11-9-20-15-8-13(18)4-5-14(15)16(11)19/h1-8,18H,9H2/b11-6+. The molecule has 0 bridgehead atoms. The van der Waals surface area contributed by atoms with Crippen LogP contribution in [0.2, 0.25) is 0 Å². The highest BCUT2D eigenvalue weighted by atomic mass is 79.9. The minimum atomic E-state index is -0.0637. The van der Waals surface area contributed by atoms with E-state index in [0.717, 1.165) is 10.0 Å². The minimum Gasteiger partial charge on any atom is -0.508 e. The fourth-order valence-corrected chi connectivity index (χ4v) is 2.53. The quantitative estimate of drug-likeness (QED) is 0.808. The molecule has 0 radical (unpaired) electrons. The van der Waals surface area contributed by atoms with Gasteiger partial charge in [0.2, 0.25) is 0 Å². The Balaban J connectivity index is 1.98. The van der Waals surface area contributed by atoms with Crippen LogP contribution in [0.1, 0.15) is 15.9 Å². The number of hydrogen-bond acceptors (Lipinski definition) is 3. The molecule has 0 aromatic heterocycles. The molecule has 0 atom stereocenters. The SMILES string of the molecule is O=C1/C(=C/c2cccc(Br)c2)COc2cc(O)ccc21. The molecular formula is C16H11BrO3. The number of halogens is 1. The van der Waals surface area contributed by atoms with Crippen LogP contribution in [0.25, 0.3) is 6.08 Å². The van der Waals surface area contributed by atoms with Crippen molar-refractivity contribution in [2.45, 2.75) is 0 Å². The summed E-state index contributed by atoms with van der Waals surface area (Å²) in [5, 5.41) is 9.40. The lowest BCUT2D eigenvalue weighted by Crippen LogP contribution is -2.18. The molecule has 1 aliphatic rings. The van der Waals surface area contributed by atoms with Gasteiger partial charge in [0.05, 0.1) is 5.56 Å². The van der Waals surface area contributed by atoms with Crippen molar-refractivity contribution in [2.24, 2.45) is 0 Å². The van der Waals surface area contributed by atoms with Crippen molar-refractivity contribution in [1.82, 2.24) is 0 Å². The highest BCUT2D eigenvalue weighted by molar-refractivity contribution is 9.10. The van der Waals surface area contributed by atoms with E-state index in [4.69, 9.17) is 4.74 Å². The van der Waals surface area contributed by atoms with Gasteiger partial charge in [0.25, 0.3) is 0 Å². The monoisotopic (exact) mass is 330 g/mol. The predicted octanol–water partition coefficient (Wildman–Crippen LogP) is 3.81. The Bertz CT molecular complexity index is 719. The summed E-state index contributed by atoms with van der Waals surface area (Å²) in [6.45, 7) is 0.210. The molecule has 20 heavy (non-hydrogen) atoms. The molecule has 1 aliphatic heterocycles. The van der Waals surface area contributed by atoms with E-state index in [1.165, 1.54) is 12.1 Å². The molecule has 2 aromatic carbocycles. The fraction of sp³-hybridized carbons (Fsp3) is 0.0625. The number of phenolic OH excluding ortho intramolecular Hbond substituents is 1. The van der Waals surface area contributed by atoms with Gasteiger partial charge in [-0.25, -0.2) is 0 Å². The summed E-state index contributed by atoms with van der Waals surface area (Å²) in [4.78, 5) is 12.4. The van der Waals surface area contributed by atoms with E-state index in [0.29, 0.717) is 16.9 Å². The van der Waals surface area contributed by atoms with Crippen molar-refractivity contribution < 1.29 is 14.6 Å². The first-order valence-electron chi connectivity index (χ1n) is 6.10. The molecule has 0 spiro atoms. The first kappa shape index (κ1) is 12.9. The van der Waals surface area contributed by atoms with Crippen molar-refractivity contribution in [3.63, 3.8) is 0 Å². The van der Waals surface area contributed by atoms with E-state index in [1.807, 2.05) is 30.3 Å². The Morgan fingerprint density at radius 2 is 2.05 bits per heavy atom. The molecule has 0 saturated carbocycles. The van der Waals surface area contributed by atoms with E-state index in [1.54, 1.807) is 6.07 Å². The molecule has 1 N–H and O–H groups in total. The first-order chi connectivity index (χ1) is 9.63. The third-order valence-corrected chi connectivity index (χ3v) is 3.57. The van der Waals surface area contributed by atoms with Crippen LogP contribution in [0.5, 0.6) is 11.5 Å². The molecule has 0 unspecified atom stereocenters. The van der Waals surface area contributed by atoms with Crippen LogP contribution in [-0.4, -0.2) is 17.5 Å². The number of rotatable bonds is 1. The molecule has 1 heterocycles. The first-order valence-corrected chi connectivity index (χ1v) is 6.89. The highest BCUT2D eigenvalue weighted by Gasteiger charge is 2.23. The van der Waals surface area contributed by atoms with Gasteiger partial charge in [-0.15, -0.1) is 0 Å². The molecule has 3 rings (SSSR count). The minimum absolute atomic E-state index is 0.0637. The molecule has 2 aromatic rings. The summed E-state index contributed by atoms with van der Waals surface area (Å²) in [5.74, 6) is 0.462. The van der Waals surface area contributed by atoms with E-state index >= 15 is 0 Å². The van der Waals surface area contributed by atoms with Crippen molar-refractivity contribution in [1.29, 1.82) is 0 Å². The van der Waals surface area contributed by atoms with Gasteiger partial charge in [0, 0.05) is 16.1 Å². The Morgan fingerprint density at radius 3 is 2.85 bits per heavy atom. The van der Waals surface area contributed by atoms with Crippen LogP contribution in [0.3, 0.4) is 0 Å². The average molecular weight is 331 g/mol. The number of carbonyl (C=O) groups is 1. The third kappa shape index (κ3) is 2.47. The number of Topliss-reactive ketones (excluding diaryl/α,β-unsaturated/α-hetero) is 1. The van der Waals surface area contributed by atoms with E-state index in [9.17, 15) is 9.90 Å². The van der Waals surface area contributed by atoms with Gasteiger partial charge < -0.3 is 9.84 Å². The van der Waals surface area contributed by atoms with Gasteiger partial charge in [-0.05, 0) is 35.9 Å². The van der Waals surface area contributed by atoms with E-state index in [-0.39, 0.29) is 18.1 Å². The van der Waals surface area contributed by atoms with Crippen molar-refractivity contribution in [3.8, 4) is 11.5 Å². The average Bonchev–Trinajstić information content (AvgIpc) is 2.42. The van der Waals surface area contributed by atoms with Crippen LogP contribution in [0.4, 0.5) is 0 Å². The summed E-state index contributed by atoms with van der Waals surface area (Å²) >= 11 is 3.40. The van der Waals surface area contributed by atoms with Gasteiger partial charge in [0.1, 0.15) is 18.1 Å². The molecule has 4 heteroatoms. The summed E-state index contributed by atoms with van der Waals surface area (Å²) in [6, 6.07) is 12.2. The van der Waals surface area contributed by atoms with Gasteiger partial charge in [-0.1, -0.05) is 28.1 Å². The van der Waals surface area contributed by atoms with Gasteiger partial charge in [-0.2, -0.15) is 0 Å². The second kappa shape index (κ2) is 5.13. The molecule has 0 fully saturated rings. The zero-order valence-corrected chi connectivity index (χ0v) is 12.1. The normalized spacial score (nSPS) is 15.8. The number of benzene rings is 2. The maximum absolute atomic E-state index is 12.4. The lowest BCUT2D eigenvalue weighted by molar-refractivity contribution is 0.100. The topological polar surface area (TPSA) is 46.5 Å². The summed E-state index contributed by atoms with van der Waals surface area (Å²) in [5.41, 5.74) is 2.02. The molecule has 0 amide bonds. The smallest absolute Gasteiger partial charge is 0.196 e. The molecule has 0 saturated heterocycles. The Morgan fingerprint density at radius 1 is 1.20 bits per heavy atom. The zero-order chi connectivity index (χ0) is 14.1. The second-order valence-corrected chi connectivity index (χ2v) is 5.44. The van der Waals surface area contributed by atoms with Crippen molar-refractivity contribution in [2.75, 3.05) is 6.61 Å². The van der Waals surface area contributed by atoms with Crippen LogP contribution >= 0.6 is 15.9 Å². The lowest BCUT2D eigenvalue weighted by Gasteiger charge is -2.18. The number of ether oxygens (including phenoxy) is 1. The summed E-state index contributed by atoms with van der Waals surface area (Å²) < 4.78 is 6.49. The summed E-state index contributed by atoms with van der Waals surface area (Å²) in [6.07, 6.45) is 1.82. The Kier molecular flexibility index (Phi) is 3.32. The maximum atomic E-state index is 12.4. The highest BCUT2D eigenvalue weighted by Crippen LogP contribution is 2.31. The van der Waals surface area contributed by atoms with Crippen molar-refractivity contribution in [3.05, 3.63) is 63.6 Å². The number of ketones is 1. The number of carbonyl (C=O) groups excluding carboxylic acids is 1. The number of aromatic hydroxyl groups is 1. The Hall–Kier alpha value is -2.07. The third-order valence-electron chi connectivity index (χ3n) is 3.07. The van der Waals surface area contributed by atoms with Crippen molar-refractivity contribution >= 4 is 27.8 Å². The molecule has 100 valence electrons. The molecule has 3 nitrogen and oxygen atoms in total. The maximum Gasteiger partial charge on any atom is 0.196 e. The van der Waals surface area contributed by atoms with E-state index < -0.39 is 0 Å². The zero-order valence-electron chi connectivity index (χ0n) is 10.5. The van der Waals surface area contributed by atoms with E-state index in [2.05, 4.69) is 15.9 Å². The summed E-state index contributed by atoms with van der Waals surface area (Å²) in [7, 11) is 0. The Labute approximate surface area is 124 Å². The van der Waals surface area contributed by atoms with Gasteiger partial charge in [-0.3, -0.25) is 4.79 Å². The largest absolute Gasteiger partial charge is 0.508 e. The number of hydrogen-bond donors (Lipinski definition) is 1. The number of phenols is 1. The van der Waals surface area contributed by atoms with Crippen LogP contribution in [0, 0.1) is 0 Å². The molecular weight excluding hydrogens is 320 g/mol. The van der Waals surface area contributed by atoms with Gasteiger partial charge in [0.15, 0.2) is 5.78 Å². The second-order valence-electron chi connectivity index (χ2n) is 4.52. The predicted molar refractivity (Wildman–Crippen MR) is 80.1 cm³/mol. The molecule has 0 aliphatic carbocycles. The lowest BCUT2D eigenvalue weighted by atomic mass is 9.98. The number of fused-ring (bicyclic) bond motifs is 1. The van der Waals surface area contributed by atoms with Crippen LogP contribution < -0.4 is 4.74 Å². The fourth-order valence-electron chi connectivity index (χ4n) is 2.12.